The van der Waals surface area contributed by atoms with E-state index in [1.165, 1.54) is 5.56 Å². The Kier molecular flexibility index (Phi) is 6.16. The van der Waals surface area contributed by atoms with E-state index in [9.17, 15) is 9.59 Å². The Morgan fingerprint density at radius 2 is 1.62 bits per heavy atom. The van der Waals surface area contributed by atoms with E-state index in [0.29, 0.717) is 24.5 Å². The van der Waals surface area contributed by atoms with Gasteiger partial charge in [-0.25, -0.2) is 0 Å². The van der Waals surface area contributed by atoms with E-state index in [2.05, 4.69) is 29.2 Å². The molecule has 2 aromatic rings. The summed E-state index contributed by atoms with van der Waals surface area (Å²) in [5, 5.41) is 0.657. The van der Waals surface area contributed by atoms with Crippen LogP contribution in [0.1, 0.15) is 17.5 Å². The van der Waals surface area contributed by atoms with E-state index in [4.69, 9.17) is 11.6 Å². The number of halogens is 1. The van der Waals surface area contributed by atoms with Crippen LogP contribution in [0.4, 0.5) is 0 Å². The zero-order valence-electron chi connectivity index (χ0n) is 16.5. The number of benzene rings is 2. The number of carbonyl (C=O) groups is 2. The standard InChI is InChI=1S/C23H26ClN3O2/c24-21-9-5-4-8-19(21)16-27-17-20(14-22(27)28)23(29)26-12-10-25(11-13-26)15-18-6-2-1-3-7-18/h1-9,20H,10-17H2/t20-/m0/s1. The molecule has 2 heterocycles. The molecule has 6 heteroatoms. The number of hydrogen-bond donors (Lipinski definition) is 0. The van der Waals surface area contributed by atoms with E-state index in [0.717, 1.165) is 38.3 Å². The van der Waals surface area contributed by atoms with E-state index in [-0.39, 0.29) is 17.7 Å². The van der Waals surface area contributed by atoms with E-state index >= 15 is 0 Å². The average Bonchev–Trinajstić information content (AvgIpc) is 3.11. The summed E-state index contributed by atoms with van der Waals surface area (Å²) < 4.78 is 0. The van der Waals surface area contributed by atoms with Crippen molar-refractivity contribution in [2.75, 3.05) is 32.7 Å². The first-order valence-corrected chi connectivity index (χ1v) is 10.5. The molecule has 0 spiro atoms. The van der Waals surface area contributed by atoms with Crippen LogP contribution < -0.4 is 0 Å². The van der Waals surface area contributed by atoms with Crippen molar-refractivity contribution in [2.45, 2.75) is 19.5 Å². The van der Waals surface area contributed by atoms with Crippen molar-refractivity contribution in [3.8, 4) is 0 Å². The van der Waals surface area contributed by atoms with Gasteiger partial charge in [0.2, 0.25) is 11.8 Å². The topological polar surface area (TPSA) is 43.9 Å². The van der Waals surface area contributed by atoms with Crippen LogP contribution in [0.15, 0.2) is 54.6 Å². The lowest BCUT2D eigenvalue weighted by Crippen LogP contribution is -2.50. The van der Waals surface area contributed by atoms with E-state index in [1.54, 1.807) is 4.90 Å². The molecule has 0 saturated carbocycles. The number of amides is 2. The van der Waals surface area contributed by atoms with Crippen LogP contribution in [0.5, 0.6) is 0 Å². The SMILES string of the molecule is O=C1C[C@H](C(=O)N2CCN(Cc3ccccc3)CC2)CN1Cc1ccccc1Cl. The highest BCUT2D eigenvalue weighted by Gasteiger charge is 2.37. The first kappa shape index (κ1) is 19.9. The molecule has 2 aliphatic rings. The second-order valence-corrected chi connectivity index (χ2v) is 8.26. The zero-order valence-corrected chi connectivity index (χ0v) is 17.2. The molecule has 1 atom stereocenters. The van der Waals surface area contributed by atoms with Crippen molar-refractivity contribution in [1.29, 1.82) is 0 Å². The molecule has 0 bridgehead atoms. The summed E-state index contributed by atoms with van der Waals surface area (Å²) in [6, 6.07) is 18.0. The maximum Gasteiger partial charge on any atom is 0.228 e. The summed E-state index contributed by atoms with van der Waals surface area (Å²) in [5.41, 5.74) is 2.22. The maximum atomic E-state index is 13.0. The minimum absolute atomic E-state index is 0.0333. The molecule has 152 valence electrons. The van der Waals surface area contributed by atoms with Crippen molar-refractivity contribution < 1.29 is 9.59 Å². The molecule has 29 heavy (non-hydrogen) atoms. The Balaban J connectivity index is 1.29. The molecule has 2 amide bonds. The lowest BCUT2D eigenvalue weighted by Gasteiger charge is -2.36. The van der Waals surface area contributed by atoms with Gasteiger partial charge < -0.3 is 9.80 Å². The third-order valence-corrected chi connectivity index (χ3v) is 6.18. The van der Waals surface area contributed by atoms with Crippen molar-refractivity contribution in [2.24, 2.45) is 5.92 Å². The molecule has 0 N–H and O–H groups in total. The second kappa shape index (κ2) is 8.97. The monoisotopic (exact) mass is 411 g/mol. The quantitative estimate of drug-likeness (QED) is 0.759. The van der Waals surface area contributed by atoms with Crippen LogP contribution in [-0.4, -0.2) is 59.2 Å². The minimum Gasteiger partial charge on any atom is -0.340 e. The normalized spacial score (nSPS) is 20.3. The maximum absolute atomic E-state index is 13.0. The Morgan fingerprint density at radius 3 is 2.34 bits per heavy atom. The van der Waals surface area contributed by atoms with E-state index < -0.39 is 0 Å². The van der Waals surface area contributed by atoms with Crippen molar-refractivity contribution >= 4 is 23.4 Å². The number of rotatable bonds is 5. The number of carbonyl (C=O) groups excluding carboxylic acids is 2. The van der Waals surface area contributed by atoms with Crippen LogP contribution in [0.25, 0.3) is 0 Å². The summed E-state index contributed by atoms with van der Waals surface area (Å²) in [5.74, 6) is -0.101. The van der Waals surface area contributed by atoms with Gasteiger partial charge in [0, 0.05) is 57.3 Å². The van der Waals surface area contributed by atoms with E-state index in [1.807, 2.05) is 35.2 Å². The summed E-state index contributed by atoms with van der Waals surface area (Å²) in [6.07, 6.45) is 0.299. The van der Waals surface area contributed by atoms with Gasteiger partial charge in [-0.2, -0.15) is 0 Å². The van der Waals surface area contributed by atoms with Gasteiger partial charge in [0.1, 0.15) is 0 Å². The second-order valence-electron chi connectivity index (χ2n) is 7.85. The lowest BCUT2D eigenvalue weighted by molar-refractivity contribution is -0.137. The summed E-state index contributed by atoms with van der Waals surface area (Å²) in [4.78, 5) is 31.5. The number of nitrogens with zero attached hydrogens (tertiary/aromatic N) is 3. The molecule has 0 radical (unpaired) electrons. The molecule has 0 aliphatic carbocycles. The summed E-state index contributed by atoms with van der Waals surface area (Å²) >= 11 is 6.22. The number of likely N-dealkylation sites (tertiary alicyclic amines) is 1. The predicted octanol–water partition coefficient (Wildman–Crippen LogP) is 3.03. The van der Waals surface area contributed by atoms with Crippen molar-refractivity contribution in [3.63, 3.8) is 0 Å². The molecule has 0 unspecified atom stereocenters. The zero-order chi connectivity index (χ0) is 20.2. The van der Waals surface area contributed by atoms with Crippen molar-refractivity contribution in [1.82, 2.24) is 14.7 Å². The van der Waals surface area contributed by atoms with Gasteiger partial charge in [0.25, 0.3) is 0 Å². The summed E-state index contributed by atoms with van der Waals surface area (Å²) in [6.45, 7) is 5.04. The molecule has 2 aromatic carbocycles. The van der Waals surface area contributed by atoms with Crippen LogP contribution in [0.2, 0.25) is 5.02 Å². The van der Waals surface area contributed by atoms with Crippen LogP contribution in [0.3, 0.4) is 0 Å². The average molecular weight is 412 g/mol. The first-order chi connectivity index (χ1) is 14.1. The number of piperazine rings is 1. The van der Waals surface area contributed by atoms with Crippen LogP contribution in [-0.2, 0) is 22.7 Å². The molecular formula is C23H26ClN3O2. The highest BCUT2D eigenvalue weighted by molar-refractivity contribution is 6.31. The smallest absolute Gasteiger partial charge is 0.228 e. The van der Waals surface area contributed by atoms with Gasteiger partial charge in [0.05, 0.1) is 5.92 Å². The highest BCUT2D eigenvalue weighted by atomic mass is 35.5. The Bertz CT molecular complexity index is 865. The van der Waals surface area contributed by atoms with Crippen molar-refractivity contribution in [3.05, 3.63) is 70.7 Å². The van der Waals surface area contributed by atoms with Gasteiger partial charge in [-0.1, -0.05) is 60.1 Å². The molecule has 0 aromatic heterocycles. The Labute approximate surface area is 176 Å². The van der Waals surface area contributed by atoms with Gasteiger partial charge in [-0.05, 0) is 17.2 Å². The molecule has 2 saturated heterocycles. The van der Waals surface area contributed by atoms with Gasteiger partial charge in [0.15, 0.2) is 0 Å². The molecule has 2 fully saturated rings. The minimum atomic E-state index is -0.245. The fourth-order valence-corrected chi connectivity index (χ4v) is 4.34. The fourth-order valence-electron chi connectivity index (χ4n) is 4.15. The third kappa shape index (κ3) is 4.80. The third-order valence-electron chi connectivity index (χ3n) is 5.82. The lowest BCUT2D eigenvalue weighted by atomic mass is 10.1. The Hall–Kier alpha value is -2.37. The fraction of sp³-hybridized carbons (Fsp3) is 0.391. The van der Waals surface area contributed by atoms with Crippen LogP contribution in [0, 0.1) is 5.92 Å². The molecule has 5 nitrogen and oxygen atoms in total. The Morgan fingerprint density at radius 1 is 0.931 bits per heavy atom. The van der Waals surface area contributed by atoms with Crippen LogP contribution >= 0.6 is 11.6 Å². The van der Waals surface area contributed by atoms with Gasteiger partial charge >= 0.3 is 0 Å². The predicted molar refractivity (Wildman–Crippen MR) is 113 cm³/mol. The summed E-state index contributed by atoms with van der Waals surface area (Å²) in [7, 11) is 0. The molecule has 4 rings (SSSR count). The van der Waals surface area contributed by atoms with Gasteiger partial charge in [-0.3, -0.25) is 14.5 Å². The molecular weight excluding hydrogens is 386 g/mol. The first-order valence-electron chi connectivity index (χ1n) is 10.2. The number of hydrogen-bond acceptors (Lipinski definition) is 3. The largest absolute Gasteiger partial charge is 0.340 e. The molecule has 2 aliphatic heterocycles. The highest BCUT2D eigenvalue weighted by Crippen LogP contribution is 2.25. The van der Waals surface area contributed by atoms with Gasteiger partial charge in [-0.15, -0.1) is 0 Å².